The minimum atomic E-state index is 0.647. The second-order valence-electron chi connectivity index (χ2n) is 3.82. The standard InChI is InChI=1S/C13H13NO2/c1-8-4-10(7-15)6-11-12(16-3)5-9(2)14-13(8)11/h4-7H,1-3H3. The third-order valence-electron chi connectivity index (χ3n) is 2.57. The van der Waals surface area contributed by atoms with Crippen molar-refractivity contribution in [3.8, 4) is 5.75 Å². The molecule has 0 fully saturated rings. The van der Waals surface area contributed by atoms with E-state index in [0.717, 1.165) is 34.2 Å². The second kappa shape index (κ2) is 3.93. The number of aryl methyl sites for hydroxylation is 2. The number of aromatic nitrogens is 1. The van der Waals surface area contributed by atoms with Gasteiger partial charge in [-0.15, -0.1) is 0 Å². The molecule has 0 aliphatic carbocycles. The number of benzene rings is 1. The molecule has 82 valence electrons. The number of nitrogens with zero attached hydrogens (tertiary/aromatic N) is 1. The zero-order chi connectivity index (χ0) is 11.7. The van der Waals surface area contributed by atoms with E-state index in [1.54, 1.807) is 13.2 Å². The Morgan fingerprint density at radius 2 is 2.00 bits per heavy atom. The zero-order valence-corrected chi connectivity index (χ0v) is 9.57. The normalized spacial score (nSPS) is 10.4. The molecule has 0 unspecified atom stereocenters. The van der Waals surface area contributed by atoms with Gasteiger partial charge in [0.1, 0.15) is 12.0 Å². The Hall–Kier alpha value is -1.90. The van der Waals surface area contributed by atoms with E-state index in [4.69, 9.17) is 4.74 Å². The Kier molecular flexibility index (Phi) is 2.60. The quantitative estimate of drug-likeness (QED) is 0.723. The van der Waals surface area contributed by atoms with Crippen molar-refractivity contribution in [1.82, 2.24) is 4.98 Å². The number of hydrogen-bond acceptors (Lipinski definition) is 3. The molecule has 0 bridgehead atoms. The number of carbonyl (C=O) groups excluding carboxylic acids is 1. The molecule has 1 heterocycles. The predicted octanol–water partition coefficient (Wildman–Crippen LogP) is 2.67. The Balaban J connectivity index is 2.88. The summed E-state index contributed by atoms with van der Waals surface area (Å²) in [5, 5.41) is 0.884. The highest BCUT2D eigenvalue weighted by Gasteiger charge is 2.08. The highest BCUT2D eigenvalue weighted by atomic mass is 16.5. The third kappa shape index (κ3) is 1.65. The summed E-state index contributed by atoms with van der Waals surface area (Å²) < 4.78 is 5.31. The number of aldehydes is 1. The van der Waals surface area contributed by atoms with Gasteiger partial charge >= 0.3 is 0 Å². The molecule has 3 nitrogen and oxygen atoms in total. The maximum absolute atomic E-state index is 10.8. The Morgan fingerprint density at radius 3 is 2.62 bits per heavy atom. The van der Waals surface area contributed by atoms with Gasteiger partial charge in [-0.25, -0.2) is 0 Å². The lowest BCUT2D eigenvalue weighted by Crippen LogP contribution is -1.94. The van der Waals surface area contributed by atoms with Crippen LogP contribution in [0.2, 0.25) is 0 Å². The number of carbonyl (C=O) groups is 1. The average Bonchev–Trinajstić information content (AvgIpc) is 2.28. The van der Waals surface area contributed by atoms with Crippen LogP contribution in [0.25, 0.3) is 10.9 Å². The van der Waals surface area contributed by atoms with E-state index in [-0.39, 0.29) is 0 Å². The minimum absolute atomic E-state index is 0.647. The van der Waals surface area contributed by atoms with Crippen LogP contribution in [-0.2, 0) is 0 Å². The molecule has 0 spiro atoms. The van der Waals surface area contributed by atoms with Gasteiger partial charge in [0.25, 0.3) is 0 Å². The predicted molar refractivity (Wildman–Crippen MR) is 63.2 cm³/mol. The molecule has 0 atom stereocenters. The number of methoxy groups -OCH3 is 1. The topological polar surface area (TPSA) is 39.2 Å². The molecule has 3 heteroatoms. The van der Waals surface area contributed by atoms with Gasteiger partial charge in [-0.3, -0.25) is 9.78 Å². The van der Waals surface area contributed by atoms with E-state index in [9.17, 15) is 4.79 Å². The van der Waals surface area contributed by atoms with Crippen molar-refractivity contribution in [2.24, 2.45) is 0 Å². The fraction of sp³-hybridized carbons (Fsp3) is 0.231. The molecule has 0 aliphatic rings. The molecule has 0 saturated carbocycles. The summed E-state index contributed by atoms with van der Waals surface area (Å²) in [6.07, 6.45) is 0.839. The molecule has 2 rings (SSSR count). The van der Waals surface area contributed by atoms with E-state index in [1.165, 1.54) is 0 Å². The van der Waals surface area contributed by atoms with E-state index in [1.807, 2.05) is 26.0 Å². The van der Waals surface area contributed by atoms with Crippen LogP contribution >= 0.6 is 0 Å². The second-order valence-corrected chi connectivity index (χ2v) is 3.82. The average molecular weight is 215 g/mol. The molecule has 2 aromatic rings. The van der Waals surface area contributed by atoms with Crippen molar-refractivity contribution in [2.45, 2.75) is 13.8 Å². The largest absolute Gasteiger partial charge is 0.496 e. The first kappa shape index (κ1) is 10.6. The number of hydrogen-bond donors (Lipinski definition) is 0. The molecule has 1 aromatic heterocycles. The molecule has 0 amide bonds. The Labute approximate surface area is 94.1 Å². The lowest BCUT2D eigenvalue weighted by Gasteiger charge is -2.09. The summed E-state index contributed by atoms with van der Waals surface area (Å²) in [4.78, 5) is 15.3. The first-order valence-corrected chi connectivity index (χ1v) is 5.07. The maximum atomic E-state index is 10.8. The van der Waals surface area contributed by atoms with Gasteiger partial charge < -0.3 is 4.74 Å². The van der Waals surface area contributed by atoms with Crippen LogP contribution in [-0.4, -0.2) is 18.4 Å². The lowest BCUT2D eigenvalue weighted by atomic mass is 10.1. The zero-order valence-electron chi connectivity index (χ0n) is 9.57. The summed E-state index contributed by atoms with van der Waals surface area (Å²) in [7, 11) is 1.62. The first-order valence-electron chi connectivity index (χ1n) is 5.07. The monoisotopic (exact) mass is 215 g/mol. The number of ether oxygens (including phenoxy) is 1. The van der Waals surface area contributed by atoms with Gasteiger partial charge in [-0.05, 0) is 31.5 Å². The van der Waals surface area contributed by atoms with Crippen LogP contribution in [0.4, 0.5) is 0 Å². The van der Waals surface area contributed by atoms with E-state index in [2.05, 4.69) is 4.98 Å². The van der Waals surface area contributed by atoms with Crippen LogP contribution in [0.5, 0.6) is 5.75 Å². The van der Waals surface area contributed by atoms with Crippen molar-refractivity contribution < 1.29 is 9.53 Å². The molecule has 0 aliphatic heterocycles. The molecule has 0 saturated heterocycles. The van der Waals surface area contributed by atoms with Crippen molar-refractivity contribution in [1.29, 1.82) is 0 Å². The molecule has 0 radical (unpaired) electrons. The van der Waals surface area contributed by atoms with Crippen LogP contribution in [0.3, 0.4) is 0 Å². The molecule has 16 heavy (non-hydrogen) atoms. The summed E-state index contributed by atoms with van der Waals surface area (Å²) in [6.45, 7) is 3.87. The van der Waals surface area contributed by atoms with Gasteiger partial charge in [0.15, 0.2) is 0 Å². The molecule has 1 aromatic carbocycles. The Morgan fingerprint density at radius 1 is 1.25 bits per heavy atom. The first-order chi connectivity index (χ1) is 7.65. The highest BCUT2D eigenvalue weighted by Crippen LogP contribution is 2.28. The van der Waals surface area contributed by atoms with Crippen LogP contribution in [0, 0.1) is 13.8 Å². The summed E-state index contributed by atoms with van der Waals surface area (Å²) >= 11 is 0. The van der Waals surface area contributed by atoms with Gasteiger partial charge in [0, 0.05) is 22.7 Å². The summed E-state index contributed by atoms with van der Waals surface area (Å²) in [6, 6.07) is 5.51. The van der Waals surface area contributed by atoms with Crippen molar-refractivity contribution in [3.05, 3.63) is 35.0 Å². The number of fused-ring (bicyclic) bond motifs is 1. The van der Waals surface area contributed by atoms with E-state index in [0.29, 0.717) is 5.56 Å². The third-order valence-corrected chi connectivity index (χ3v) is 2.57. The molecule has 0 N–H and O–H groups in total. The van der Waals surface area contributed by atoms with Gasteiger partial charge in [0.05, 0.1) is 12.6 Å². The van der Waals surface area contributed by atoms with Crippen molar-refractivity contribution in [3.63, 3.8) is 0 Å². The lowest BCUT2D eigenvalue weighted by molar-refractivity contribution is 0.112. The van der Waals surface area contributed by atoms with E-state index >= 15 is 0 Å². The number of pyridine rings is 1. The van der Waals surface area contributed by atoms with Crippen LogP contribution < -0.4 is 4.74 Å². The number of rotatable bonds is 2. The highest BCUT2D eigenvalue weighted by molar-refractivity contribution is 5.93. The Bertz CT molecular complexity index is 561. The van der Waals surface area contributed by atoms with Crippen molar-refractivity contribution in [2.75, 3.05) is 7.11 Å². The van der Waals surface area contributed by atoms with E-state index < -0.39 is 0 Å². The fourth-order valence-electron chi connectivity index (χ4n) is 1.86. The summed E-state index contributed by atoms with van der Waals surface area (Å²) in [5.74, 6) is 0.759. The van der Waals surface area contributed by atoms with Gasteiger partial charge in [0.2, 0.25) is 0 Å². The van der Waals surface area contributed by atoms with Crippen molar-refractivity contribution >= 4 is 17.2 Å². The van der Waals surface area contributed by atoms with Gasteiger partial charge in [-0.1, -0.05) is 0 Å². The van der Waals surface area contributed by atoms with Gasteiger partial charge in [-0.2, -0.15) is 0 Å². The molecular weight excluding hydrogens is 202 g/mol. The fourth-order valence-corrected chi connectivity index (χ4v) is 1.86. The molecular formula is C13H13NO2. The minimum Gasteiger partial charge on any atom is -0.496 e. The maximum Gasteiger partial charge on any atom is 0.150 e. The van der Waals surface area contributed by atoms with Crippen LogP contribution in [0.15, 0.2) is 18.2 Å². The SMILES string of the molecule is COc1cc(C)nc2c(C)cc(C=O)cc12. The summed E-state index contributed by atoms with van der Waals surface area (Å²) in [5.41, 5.74) is 3.43. The smallest absolute Gasteiger partial charge is 0.150 e. The van der Waals surface area contributed by atoms with Crippen LogP contribution in [0.1, 0.15) is 21.6 Å².